The third-order valence-corrected chi connectivity index (χ3v) is 4.27. The maximum absolute atomic E-state index is 5.75. The average Bonchev–Trinajstić information content (AvgIpc) is 3.29. The minimum absolute atomic E-state index is 0.270. The molecule has 6 heteroatoms. The van der Waals surface area contributed by atoms with E-state index in [2.05, 4.69) is 15.1 Å². The topological polar surface area (TPSA) is 68.4 Å². The predicted octanol–water partition coefficient (Wildman–Crippen LogP) is 4.04. The molecular formula is C17H19N3O3. The van der Waals surface area contributed by atoms with Crippen molar-refractivity contribution in [2.45, 2.75) is 38.3 Å². The van der Waals surface area contributed by atoms with Gasteiger partial charge in [0.2, 0.25) is 5.89 Å². The van der Waals surface area contributed by atoms with Crippen molar-refractivity contribution in [3.63, 3.8) is 0 Å². The molecule has 0 amide bonds. The van der Waals surface area contributed by atoms with Crippen LogP contribution in [-0.4, -0.2) is 21.6 Å². The number of likely N-dealkylation sites (tertiary alicyclic amines) is 1. The second-order valence-corrected chi connectivity index (χ2v) is 5.83. The summed E-state index contributed by atoms with van der Waals surface area (Å²) >= 11 is 0. The Morgan fingerprint density at radius 2 is 1.96 bits per heavy atom. The van der Waals surface area contributed by atoms with Gasteiger partial charge in [-0.3, -0.25) is 4.90 Å². The summed E-state index contributed by atoms with van der Waals surface area (Å²) in [5.74, 6) is 2.64. The van der Waals surface area contributed by atoms with E-state index in [0.717, 1.165) is 18.7 Å². The zero-order valence-corrected chi connectivity index (χ0v) is 12.9. The molecule has 0 aliphatic carbocycles. The lowest BCUT2D eigenvalue weighted by Crippen LogP contribution is -2.28. The molecule has 23 heavy (non-hydrogen) atoms. The number of hydrogen-bond acceptors (Lipinski definition) is 6. The van der Waals surface area contributed by atoms with E-state index in [4.69, 9.17) is 13.3 Å². The van der Waals surface area contributed by atoms with E-state index in [0.29, 0.717) is 24.1 Å². The molecule has 0 unspecified atom stereocenters. The van der Waals surface area contributed by atoms with Crippen LogP contribution in [0.2, 0.25) is 0 Å². The summed E-state index contributed by atoms with van der Waals surface area (Å²) in [7, 11) is 0. The summed E-state index contributed by atoms with van der Waals surface area (Å²) in [6, 6.07) is 7.88. The first-order valence-electron chi connectivity index (χ1n) is 8.04. The van der Waals surface area contributed by atoms with Gasteiger partial charge in [-0.2, -0.15) is 0 Å². The highest BCUT2D eigenvalue weighted by atomic mass is 16.4. The Kier molecular flexibility index (Phi) is 3.98. The quantitative estimate of drug-likeness (QED) is 0.724. The molecule has 0 saturated carbocycles. The minimum atomic E-state index is 0.270. The highest BCUT2D eigenvalue weighted by Crippen LogP contribution is 2.31. The Hall–Kier alpha value is -2.34. The molecule has 0 spiro atoms. The lowest BCUT2D eigenvalue weighted by atomic mass is 10.1. The number of furan rings is 2. The van der Waals surface area contributed by atoms with Gasteiger partial charge >= 0.3 is 0 Å². The third-order valence-electron chi connectivity index (χ3n) is 4.27. The van der Waals surface area contributed by atoms with Crippen LogP contribution in [0, 0.1) is 0 Å². The van der Waals surface area contributed by atoms with Crippen molar-refractivity contribution in [3.05, 3.63) is 48.4 Å². The molecule has 6 nitrogen and oxygen atoms in total. The lowest BCUT2D eigenvalue weighted by molar-refractivity contribution is 0.155. The van der Waals surface area contributed by atoms with Crippen molar-refractivity contribution < 1.29 is 13.3 Å². The second kappa shape index (κ2) is 6.42. The molecule has 4 rings (SSSR count). The first-order chi connectivity index (χ1) is 11.4. The number of nitrogens with zero attached hydrogens (tertiary/aromatic N) is 3. The van der Waals surface area contributed by atoms with Gasteiger partial charge in [0.25, 0.3) is 5.89 Å². The van der Waals surface area contributed by atoms with Gasteiger partial charge in [-0.15, -0.1) is 10.2 Å². The molecule has 3 aromatic rings. The zero-order valence-electron chi connectivity index (χ0n) is 12.9. The number of aromatic nitrogens is 2. The van der Waals surface area contributed by atoms with Gasteiger partial charge in [0, 0.05) is 0 Å². The molecule has 3 aromatic heterocycles. The van der Waals surface area contributed by atoms with E-state index in [1.54, 1.807) is 18.6 Å². The van der Waals surface area contributed by atoms with Crippen molar-refractivity contribution in [1.29, 1.82) is 0 Å². The fourth-order valence-corrected chi connectivity index (χ4v) is 3.15. The standard InChI is InChI=1S/C17H19N3O3/c1-2-6-13(14-7-4-10-21-14)20(9-3-1)12-16-18-19-17(23-16)15-8-5-11-22-15/h4-5,7-8,10-11,13H,1-3,6,9,12H2/t13-/m0/s1. The van der Waals surface area contributed by atoms with Crippen molar-refractivity contribution in [1.82, 2.24) is 15.1 Å². The fourth-order valence-electron chi connectivity index (χ4n) is 3.15. The van der Waals surface area contributed by atoms with Gasteiger partial charge in [0.05, 0.1) is 25.1 Å². The molecule has 1 saturated heterocycles. The predicted molar refractivity (Wildman–Crippen MR) is 82.3 cm³/mol. The second-order valence-electron chi connectivity index (χ2n) is 5.83. The van der Waals surface area contributed by atoms with Crippen LogP contribution in [0.5, 0.6) is 0 Å². The Bertz CT molecular complexity index is 718. The van der Waals surface area contributed by atoms with Crippen LogP contribution in [0.15, 0.2) is 50.0 Å². The van der Waals surface area contributed by atoms with Crippen LogP contribution < -0.4 is 0 Å². The highest BCUT2D eigenvalue weighted by Gasteiger charge is 2.26. The van der Waals surface area contributed by atoms with E-state index in [9.17, 15) is 0 Å². The zero-order chi connectivity index (χ0) is 15.5. The van der Waals surface area contributed by atoms with Gasteiger partial charge in [0.1, 0.15) is 5.76 Å². The van der Waals surface area contributed by atoms with Crippen molar-refractivity contribution >= 4 is 0 Å². The normalized spacial score (nSPS) is 19.7. The van der Waals surface area contributed by atoms with E-state index in [1.807, 2.05) is 18.2 Å². The lowest BCUT2D eigenvalue weighted by Gasteiger charge is -2.26. The van der Waals surface area contributed by atoms with Gasteiger partial charge < -0.3 is 13.3 Å². The van der Waals surface area contributed by atoms with Crippen LogP contribution in [0.25, 0.3) is 11.7 Å². The monoisotopic (exact) mass is 313 g/mol. The molecule has 0 radical (unpaired) electrons. The fraction of sp³-hybridized carbons (Fsp3) is 0.412. The molecule has 1 aliphatic rings. The molecule has 0 aromatic carbocycles. The first-order valence-corrected chi connectivity index (χ1v) is 8.04. The largest absolute Gasteiger partial charge is 0.468 e. The van der Waals surface area contributed by atoms with Gasteiger partial charge in [-0.05, 0) is 43.7 Å². The molecule has 1 fully saturated rings. The van der Waals surface area contributed by atoms with Crippen molar-refractivity contribution in [3.8, 4) is 11.7 Å². The van der Waals surface area contributed by atoms with E-state index >= 15 is 0 Å². The third kappa shape index (κ3) is 3.07. The Morgan fingerprint density at radius 1 is 1.04 bits per heavy atom. The van der Waals surface area contributed by atoms with Crippen LogP contribution in [0.3, 0.4) is 0 Å². The summed E-state index contributed by atoms with van der Waals surface area (Å²) in [5.41, 5.74) is 0. The summed E-state index contributed by atoms with van der Waals surface area (Å²) in [5, 5.41) is 8.24. The maximum atomic E-state index is 5.75. The highest BCUT2D eigenvalue weighted by molar-refractivity contribution is 5.42. The number of rotatable bonds is 4. The average molecular weight is 313 g/mol. The molecule has 120 valence electrons. The van der Waals surface area contributed by atoms with E-state index in [1.165, 1.54) is 19.3 Å². The van der Waals surface area contributed by atoms with Gasteiger partial charge in [-0.1, -0.05) is 12.8 Å². The molecule has 1 aliphatic heterocycles. The van der Waals surface area contributed by atoms with Gasteiger partial charge in [0.15, 0.2) is 5.76 Å². The summed E-state index contributed by atoms with van der Waals surface area (Å²) in [6.07, 6.45) is 8.06. The smallest absolute Gasteiger partial charge is 0.283 e. The molecule has 0 N–H and O–H groups in total. The van der Waals surface area contributed by atoms with Gasteiger partial charge in [-0.25, -0.2) is 0 Å². The summed E-state index contributed by atoms with van der Waals surface area (Å²) in [6.45, 7) is 1.63. The summed E-state index contributed by atoms with van der Waals surface area (Å²) in [4.78, 5) is 2.37. The number of hydrogen-bond donors (Lipinski definition) is 0. The minimum Gasteiger partial charge on any atom is -0.468 e. The summed E-state index contributed by atoms with van der Waals surface area (Å²) < 4.78 is 16.7. The van der Waals surface area contributed by atoms with E-state index in [-0.39, 0.29) is 6.04 Å². The van der Waals surface area contributed by atoms with Crippen molar-refractivity contribution in [2.24, 2.45) is 0 Å². The molecular weight excluding hydrogens is 294 g/mol. The first kappa shape index (κ1) is 14.3. The molecule has 1 atom stereocenters. The van der Waals surface area contributed by atoms with Crippen LogP contribution in [0.4, 0.5) is 0 Å². The van der Waals surface area contributed by atoms with Crippen LogP contribution in [-0.2, 0) is 6.54 Å². The molecule has 0 bridgehead atoms. The Morgan fingerprint density at radius 3 is 2.78 bits per heavy atom. The van der Waals surface area contributed by atoms with E-state index < -0.39 is 0 Å². The van der Waals surface area contributed by atoms with Crippen LogP contribution >= 0.6 is 0 Å². The SMILES string of the molecule is c1coc(-c2nnc(CN3CCCCC[C@H]3c3ccco3)o2)c1. The molecule has 4 heterocycles. The van der Waals surface area contributed by atoms with Crippen molar-refractivity contribution in [2.75, 3.05) is 6.54 Å². The Labute approximate surface area is 134 Å². The Balaban J connectivity index is 1.53. The van der Waals surface area contributed by atoms with Crippen LogP contribution in [0.1, 0.15) is 43.4 Å². The maximum Gasteiger partial charge on any atom is 0.283 e.